The van der Waals surface area contributed by atoms with E-state index in [1.54, 1.807) is 0 Å². The summed E-state index contributed by atoms with van der Waals surface area (Å²) < 4.78 is 9.35. The van der Waals surface area contributed by atoms with Gasteiger partial charge in [-0.15, -0.1) is 0 Å². The fourth-order valence-corrected chi connectivity index (χ4v) is 21.2. The van der Waals surface area contributed by atoms with Crippen LogP contribution in [0.5, 0.6) is 0 Å². The molecule has 0 fully saturated rings. The Hall–Kier alpha value is -8.37. The van der Waals surface area contributed by atoms with Gasteiger partial charge in [-0.3, -0.25) is 4.90 Å². The molecule has 0 unspecified atom stereocenters. The van der Waals surface area contributed by atoms with E-state index in [1.165, 1.54) is 41.5 Å². The average molecular weight is 905 g/mol. The predicted octanol–water partition coefficient (Wildman–Crippen LogP) is 9.07. The Morgan fingerprint density at radius 2 is 1.09 bits per heavy atom. The van der Waals surface area contributed by atoms with Gasteiger partial charge in [0, 0.05) is 35.3 Å². The molecule has 0 radical (unpaired) electrons. The highest BCUT2D eigenvalue weighted by Crippen LogP contribution is 2.43. The first-order valence-corrected chi connectivity index (χ1v) is 27.2. The van der Waals surface area contributed by atoms with Gasteiger partial charge < -0.3 is 8.98 Å². The van der Waals surface area contributed by atoms with Gasteiger partial charge in [-0.1, -0.05) is 206 Å². The van der Waals surface area contributed by atoms with Crippen molar-refractivity contribution in [1.29, 1.82) is 0 Å². The molecular formula is C61H44N4OSi2. The molecule has 1 aliphatic heterocycles. The zero-order valence-corrected chi connectivity index (χ0v) is 39.4. The van der Waals surface area contributed by atoms with Crippen LogP contribution in [-0.2, 0) is 7.05 Å². The van der Waals surface area contributed by atoms with Gasteiger partial charge in [-0.25, -0.2) is 9.97 Å². The second kappa shape index (κ2) is 15.9. The van der Waals surface area contributed by atoms with Crippen LogP contribution in [0.3, 0.4) is 0 Å². The molecule has 12 aromatic rings. The van der Waals surface area contributed by atoms with Gasteiger partial charge in [0.2, 0.25) is 0 Å². The molecule has 0 amide bonds. The van der Waals surface area contributed by atoms with Gasteiger partial charge in [0.05, 0.1) is 16.7 Å². The molecule has 0 atom stereocenters. The summed E-state index contributed by atoms with van der Waals surface area (Å²) in [5.74, 6) is 1.86. The molecule has 4 heterocycles. The van der Waals surface area contributed by atoms with Crippen molar-refractivity contribution in [3.63, 3.8) is 0 Å². The second-order valence-corrected chi connectivity index (χ2v) is 25.3. The standard InChI is InChI=1S/C61H44N4OSi2/c1-64-54-35-16-15-34-53(54)63-60(64)43-21-18-31-49(41-43)67(45-23-6-2-7-24-45,46-25-8-3-9-26-46)50-32-19-22-44(42-50)65-58-56(39-38-52-51-33-14-17-36-55(51)66-59(52)58)68(47-27-10-4-11-28-47,48-29-12-5-13-30-48)57-37-20-40-62-61(57)65/h2-42H,1H3. The summed E-state index contributed by atoms with van der Waals surface area (Å²) >= 11 is 0. The molecular weight excluding hydrogens is 861 g/mol. The van der Waals surface area contributed by atoms with E-state index in [0.717, 1.165) is 61.6 Å². The molecule has 0 aliphatic carbocycles. The van der Waals surface area contributed by atoms with Crippen LogP contribution >= 0.6 is 0 Å². The second-order valence-electron chi connectivity index (χ2n) is 17.7. The lowest BCUT2D eigenvalue weighted by Gasteiger charge is -2.44. The number of imidazole rings is 1. The number of anilines is 3. The molecule has 7 heteroatoms. The van der Waals surface area contributed by atoms with Crippen molar-refractivity contribution in [1.82, 2.24) is 14.5 Å². The van der Waals surface area contributed by atoms with Gasteiger partial charge in [0.15, 0.2) is 21.7 Å². The Kier molecular flexibility index (Phi) is 9.35. The van der Waals surface area contributed by atoms with E-state index in [0.29, 0.717) is 0 Å². The van der Waals surface area contributed by atoms with E-state index in [-0.39, 0.29) is 0 Å². The number of pyridine rings is 1. The molecule has 0 bridgehead atoms. The molecule has 0 saturated heterocycles. The van der Waals surface area contributed by atoms with Crippen molar-refractivity contribution in [2.45, 2.75) is 0 Å². The number of aromatic nitrogens is 3. The summed E-state index contributed by atoms with van der Waals surface area (Å²) in [6.45, 7) is 0. The monoisotopic (exact) mass is 904 g/mol. The van der Waals surface area contributed by atoms with Crippen molar-refractivity contribution >= 4 is 108 Å². The molecule has 5 nitrogen and oxygen atoms in total. The summed E-state index contributed by atoms with van der Waals surface area (Å²) in [7, 11) is -4.04. The minimum absolute atomic E-state index is 0.860. The lowest BCUT2D eigenvalue weighted by molar-refractivity contribution is 0.669. The lowest BCUT2D eigenvalue weighted by Crippen LogP contribution is -2.77. The van der Waals surface area contributed by atoms with E-state index >= 15 is 0 Å². The van der Waals surface area contributed by atoms with Gasteiger partial charge in [-0.2, -0.15) is 0 Å². The number of rotatable bonds is 8. The van der Waals surface area contributed by atoms with Crippen molar-refractivity contribution in [2.24, 2.45) is 7.05 Å². The third-order valence-corrected chi connectivity index (χ3v) is 23.8. The van der Waals surface area contributed by atoms with Crippen LogP contribution in [0.25, 0.3) is 44.4 Å². The third kappa shape index (κ3) is 5.86. The number of hydrogen-bond donors (Lipinski definition) is 0. The molecule has 13 rings (SSSR count). The molecule has 0 N–H and O–H groups in total. The van der Waals surface area contributed by atoms with Crippen molar-refractivity contribution in [3.05, 3.63) is 249 Å². The van der Waals surface area contributed by atoms with Gasteiger partial charge in [-0.05, 0) is 77.9 Å². The Bertz CT molecular complexity index is 3750. The van der Waals surface area contributed by atoms with Crippen LogP contribution < -0.4 is 46.4 Å². The van der Waals surface area contributed by atoms with Gasteiger partial charge >= 0.3 is 0 Å². The maximum Gasteiger partial charge on any atom is 0.186 e. The topological polar surface area (TPSA) is 47.1 Å². The minimum atomic E-state index is -3.11. The highest BCUT2D eigenvalue weighted by molar-refractivity contribution is 7.21. The average Bonchev–Trinajstić information content (AvgIpc) is 3.97. The Morgan fingerprint density at radius 3 is 1.79 bits per heavy atom. The number of para-hydroxylation sites is 3. The summed E-state index contributed by atoms with van der Waals surface area (Å²) in [6.07, 6.45) is 1.95. The van der Waals surface area contributed by atoms with Crippen LogP contribution in [0.15, 0.2) is 253 Å². The summed E-state index contributed by atoms with van der Waals surface area (Å²) in [6, 6.07) is 89.0. The number of nitrogens with zero attached hydrogens (tertiary/aromatic N) is 4. The first-order chi connectivity index (χ1) is 33.7. The fourth-order valence-electron chi connectivity index (χ4n) is 11.4. The summed E-state index contributed by atoms with van der Waals surface area (Å²) in [4.78, 5) is 13.1. The molecule has 68 heavy (non-hydrogen) atoms. The van der Waals surface area contributed by atoms with Gasteiger partial charge in [0.1, 0.15) is 17.2 Å². The number of hydrogen-bond acceptors (Lipinski definition) is 4. The molecule has 3 aromatic heterocycles. The Labute approximate surface area is 396 Å². The van der Waals surface area contributed by atoms with E-state index < -0.39 is 16.1 Å². The van der Waals surface area contributed by atoms with E-state index in [4.69, 9.17) is 14.4 Å². The maximum atomic E-state index is 7.13. The zero-order chi connectivity index (χ0) is 45.2. The van der Waals surface area contributed by atoms with E-state index in [1.807, 2.05) is 6.20 Å². The van der Waals surface area contributed by atoms with Crippen LogP contribution in [0, 0.1) is 0 Å². The predicted molar refractivity (Wildman–Crippen MR) is 287 cm³/mol. The minimum Gasteiger partial charge on any atom is -0.454 e. The fraction of sp³-hybridized carbons (Fsp3) is 0.0164. The van der Waals surface area contributed by atoms with Gasteiger partial charge in [0.25, 0.3) is 0 Å². The summed E-state index contributed by atoms with van der Waals surface area (Å²) in [5, 5.41) is 12.4. The number of benzene rings is 9. The Morgan fingerprint density at radius 1 is 0.485 bits per heavy atom. The molecule has 322 valence electrons. The normalized spacial score (nSPS) is 13.2. The Balaban J connectivity index is 1.12. The lowest BCUT2D eigenvalue weighted by atomic mass is 10.1. The maximum absolute atomic E-state index is 7.13. The van der Waals surface area contributed by atoms with Crippen LogP contribution in [0.2, 0.25) is 0 Å². The van der Waals surface area contributed by atoms with Crippen LogP contribution in [0.4, 0.5) is 17.2 Å². The largest absolute Gasteiger partial charge is 0.454 e. The van der Waals surface area contributed by atoms with Crippen molar-refractivity contribution in [2.75, 3.05) is 4.90 Å². The van der Waals surface area contributed by atoms with Crippen molar-refractivity contribution < 1.29 is 4.42 Å². The smallest absolute Gasteiger partial charge is 0.186 e. The van der Waals surface area contributed by atoms with Crippen LogP contribution in [0.1, 0.15) is 0 Å². The molecule has 0 spiro atoms. The molecule has 9 aromatic carbocycles. The zero-order valence-electron chi connectivity index (χ0n) is 37.4. The highest BCUT2D eigenvalue weighted by Gasteiger charge is 2.51. The number of fused-ring (bicyclic) bond motifs is 7. The first kappa shape index (κ1) is 40.0. The molecule has 1 aliphatic rings. The van der Waals surface area contributed by atoms with Crippen LogP contribution in [-0.4, -0.2) is 30.7 Å². The molecule has 0 saturated carbocycles. The quantitative estimate of drug-likeness (QED) is 0.113. The van der Waals surface area contributed by atoms with Crippen molar-refractivity contribution in [3.8, 4) is 11.4 Å². The number of furan rings is 1. The number of aryl methyl sites for hydroxylation is 1. The highest BCUT2D eigenvalue weighted by atomic mass is 28.3. The van der Waals surface area contributed by atoms with E-state index in [9.17, 15) is 0 Å². The SMILES string of the molecule is Cn1c(-c2cccc([Si](c3ccccc3)(c3ccccc3)c3cccc(N4c5ncccc5[Si](c5ccccc5)(c5ccccc5)c5ccc6c(oc7ccccc76)c54)c3)c2)nc2ccccc21. The van der Waals surface area contributed by atoms with E-state index in [2.05, 4.69) is 259 Å². The first-order valence-electron chi connectivity index (χ1n) is 23.2. The summed E-state index contributed by atoms with van der Waals surface area (Å²) in [5.41, 5.74) is 6.96. The third-order valence-electron chi connectivity index (χ3n) is 14.3.